The Labute approximate surface area is 115 Å². The van der Waals surface area contributed by atoms with Gasteiger partial charge in [-0.1, -0.05) is 26.0 Å². The van der Waals surface area contributed by atoms with E-state index in [-0.39, 0.29) is 18.0 Å². The smallest absolute Gasteiger partial charge is 0.222 e. The molecule has 0 saturated heterocycles. The van der Waals surface area contributed by atoms with Gasteiger partial charge in [-0.05, 0) is 30.5 Å². The Balaban J connectivity index is 2.58. The highest BCUT2D eigenvalue weighted by atomic mass is 16.5. The first-order valence-electron chi connectivity index (χ1n) is 6.63. The summed E-state index contributed by atoms with van der Waals surface area (Å²) >= 11 is 0. The minimum Gasteiger partial charge on any atom is -0.497 e. The number of nitrogens with two attached hydrogens (primary N) is 1. The van der Waals surface area contributed by atoms with Gasteiger partial charge in [-0.2, -0.15) is 0 Å². The number of hydrogen-bond donors (Lipinski definition) is 2. The Morgan fingerprint density at radius 2 is 2.05 bits per heavy atom. The zero-order chi connectivity index (χ0) is 14.4. The average molecular weight is 264 g/mol. The number of ether oxygens (including phenoxy) is 1. The largest absolute Gasteiger partial charge is 0.497 e. The van der Waals surface area contributed by atoms with E-state index in [1.54, 1.807) is 7.11 Å². The highest BCUT2D eigenvalue weighted by molar-refractivity contribution is 5.77. The molecule has 1 rings (SSSR count). The second-order valence-corrected chi connectivity index (χ2v) is 5.18. The van der Waals surface area contributed by atoms with E-state index in [2.05, 4.69) is 5.32 Å². The van der Waals surface area contributed by atoms with Crippen molar-refractivity contribution in [2.75, 3.05) is 7.11 Å². The molecule has 2 atom stereocenters. The Bertz CT molecular complexity index is 418. The van der Waals surface area contributed by atoms with Gasteiger partial charge in [0, 0.05) is 12.5 Å². The van der Waals surface area contributed by atoms with Crippen LogP contribution < -0.4 is 15.8 Å². The molecule has 1 amide bonds. The maximum atomic E-state index is 11.9. The van der Waals surface area contributed by atoms with Crippen LogP contribution in [0.5, 0.6) is 5.75 Å². The lowest BCUT2D eigenvalue weighted by atomic mass is 10.0. The topological polar surface area (TPSA) is 64.3 Å². The summed E-state index contributed by atoms with van der Waals surface area (Å²) < 4.78 is 5.17. The van der Waals surface area contributed by atoms with Crippen molar-refractivity contribution in [1.29, 1.82) is 0 Å². The van der Waals surface area contributed by atoms with E-state index in [4.69, 9.17) is 10.5 Å². The Hall–Kier alpha value is -1.55. The Morgan fingerprint density at radius 3 is 2.63 bits per heavy atom. The number of amides is 1. The van der Waals surface area contributed by atoms with Crippen LogP contribution >= 0.6 is 0 Å². The molecule has 1 aromatic rings. The fraction of sp³-hybridized carbons (Fsp3) is 0.533. The van der Waals surface area contributed by atoms with Gasteiger partial charge >= 0.3 is 0 Å². The van der Waals surface area contributed by atoms with Gasteiger partial charge in [-0.3, -0.25) is 4.79 Å². The van der Waals surface area contributed by atoms with E-state index in [1.807, 2.05) is 45.0 Å². The van der Waals surface area contributed by atoms with Gasteiger partial charge in [0.1, 0.15) is 5.75 Å². The van der Waals surface area contributed by atoms with Gasteiger partial charge < -0.3 is 15.8 Å². The molecule has 0 aliphatic carbocycles. The first kappa shape index (κ1) is 15.5. The quantitative estimate of drug-likeness (QED) is 0.828. The highest BCUT2D eigenvalue weighted by Gasteiger charge is 2.15. The van der Waals surface area contributed by atoms with E-state index in [0.29, 0.717) is 12.3 Å². The maximum absolute atomic E-state index is 11.9. The van der Waals surface area contributed by atoms with E-state index in [1.165, 1.54) is 0 Å². The van der Waals surface area contributed by atoms with Crippen molar-refractivity contribution < 1.29 is 9.53 Å². The van der Waals surface area contributed by atoms with Gasteiger partial charge in [0.15, 0.2) is 0 Å². The standard InChI is InChI=1S/C15H24N2O2/c1-10(2)14(16)9-15(18)17-11(3)12-6-5-7-13(8-12)19-4/h5-8,10-11,14H,9,16H2,1-4H3,(H,17,18). The molecule has 19 heavy (non-hydrogen) atoms. The number of methoxy groups -OCH3 is 1. The lowest BCUT2D eigenvalue weighted by molar-refractivity contribution is -0.122. The van der Waals surface area contributed by atoms with Gasteiger partial charge in [0.2, 0.25) is 5.91 Å². The summed E-state index contributed by atoms with van der Waals surface area (Å²) in [5, 5.41) is 2.96. The molecule has 0 aliphatic rings. The first-order chi connectivity index (χ1) is 8.93. The number of nitrogens with one attached hydrogen (secondary N) is 1. The van der Waals surface area contributed by atoms with Crippen LogP contribution in [0, 0.1) is 5.92 Å². The van der Waals surface area contributed by atoms with Crippen LogP contribution in [-0.4, -0.2) is 19.1 Å². The van der Waals surface area contributed by atoms with E-state index in [0.717, 1.165) is 11.3 Å². The van der Waals surface area contributed by atoms with Crippen molar-refractivity contribution in [2.45, 2.75) is 39.3 Å². The van der Waals surface area contributed by atoms with Crippen molar-refractivity contribution in [3.05, 3.63) is 29.8 Å². The van der Waals surface area contributed by atoms with Crippen molar-refractivity contribution in [3.63, 3.8) is 0 Å². The molecule has 0 spiro atoms. The second kappa shape index (κ2) is 7.14. The maximum Gasteiger partial charge on any atom is 0.222 e. The summed E-state index contributed by atoms with van der Waals surface area (Å²) in [6.45, 7) is 5.99. The molecule has 0 heterocycles. The van der Waals surface area contributed by atoms with Gasteiger partial charge in [0.05, 0.1) is 13.2 Å². The summed E-state index contributed by atoms with van der Waals surface area (Å²) in [6.07, 6.45) is 0.353. The zero-order valence-electron chi connectivity index (χ0n) is 12.1. The van der Waals surface area contributed by atoms with E-state index in [9.17, 15) is 4.79 Å². The Morgan fingerprint density at radius 1 is 1.37 bits per heavy atom. The monoisotopic (exact) mass is 264 g/mol. The number of benzene rings is 1. The number of rotatable bonds is 6. The lowest BCUT2D eigenvalue weighted by Crippen LogP contribution is -2.35. The summed E-state index contributed by atoms with van der Waals surface area (Å²) in [5.41, 5.74) is 6.92. The van der Waals surface area contributed by atoms with E-state index >= 15 is 0 Å². The summed E-state index contributed by atoms with van der Waals surface area (Å²) in [5.74, 6) is 1.08. The molecule has 2 unspecified atom stereocenters. The molecule has 0 fully saturated rings. The van der Waals surface area contributed by atoms with Crippen molar-refractivity contribution >= 4 is 5.91 Å². The normalized spacial score (nSPS) is 14.0. The fourth-order valence-corrected chi connectivity index (χ4v) is 1.74. The fourth-order valence-electron chi connectivity index (χ4n) is 1.74. The molecule has 0 aliphatic heterocycles. The predicted octanol–water partition coefficient (Wildman–Crippen LogP) is 2.25. The third-order valence-electron chi connectivity index (χ3n) is 3.25. The van der Waals surface area contributed by atoms with Gasteiger partial charge in [-0.15, -0.1) is 0 Å². The van der Waals surface area contributed by atoms with Crippen LogP contribution in [0.15, 0.2) is 24.3 Å². The third-order valence-corrected chi connectivity index (χ3v) is 3.25. The van der Waals surface area contributed by atoms with Crippen molar-refractivity contribution in [3.8, 4) is 5.75 Å². The molecule has 0 aromatic heterocycles. The van der Waals surface area contributed by atoms with Gasteiger partial charge in [0.25, 0.3) is 0 Å². The molecule has 0 bridgehead atoms. The van der Waals surface area contributed by atoms with Gasteiger partial charge in [-0.25, -0.2) is 0 Å². The molecule has 0 radical (unpaired) electrons. The molecule has 4 heteroatoms. The number of carbonyl (C=O) groups is 1. The van der Waals surface area contributed by atoms with Crippen molar-refractivity contribution in [1.82, 2.24) is 5.32 Å². The van der Waals surface area contributed by atoms with Crippen LogP contribution in [0.1, 0.15) is 38.8 Å². The molecule has 3 N–H and O–H groups in total. The average Bonchev–Trinajstić information content (AvgIpc) is 2.38. The molecular formula is C15H24N2O2. The van der Waals surface area contributed by atoms with Crippen LogP contribution in [-0.2, 0) is 4.79 Å². The van der Waals surface area contributed by atoms with Crippen LogP contribution in [0.2, 0.25) is 0 Å². The molecule has 0 saturated carbocycles. The van der Waals surface area contributed by atoms with Crippen LogP contribution in [0.3, 0.4) is 0 Å². The minimum absolute atomic E-state index is 0.0171. The first-order valence-corrected chi connectivity index (χ1v) is 6.63. The Kier molecular flexibility index (Phi) is 5.83. The third kappa shape index (κ3) is 4.91. The number of carbonyl (C=O) groups excluding carboxylic acids is 1. The summed E-state index contributed by atoms with van der Waals surface area (Å²) in [7, 11) is 1.63. The molecular weight excluding hydrogens is 240 g/mol. The molecule has 106 valence electrons. The van der Waals surface area contributed by atoms with Crippen LogP contribution in [0.4, 0.5) is 0 Å². The molecule has 4 nitrogen and oxygen atoms in total. The van der Waals surface area contributed by atoms with Crippen LogP contribution in [0.25, 0.3) is 0 Å². The lowest BCUT2D eigenvalue weighted by Gasteiger charge is -2.19. The molecule has 1 aromatic carbocycles. The summed E-state index contributed by atoms with van der Waals surface area (Å²) in [6, 6.07) is 7.53. The SMILES string of the molecule is COc1cccc(C(C)NC(=O)CC(N)C(C)C)c1. The predicted molar refractivity (Wildman–Crippen MR) is 77.0 cm³/mol. The minimum atomic E-state index is -0.0995. The van der Waals surface area contributed by atoms with Crippen molar-refractivity contribution in [2.24, 2.45) is 11.7 Å². The number of hydrogen-bond acceptors (Lipinski definition) is 3. The summed E-state index contributed by atoms with van der Waals surface area (Å²) in [4.78, 5) is 11.9. The zero-order valence-corrected chi connectivity index (χ0v) is 12.1. The van der Waals surface area contributed by atoms with E-state index < -0.39 is 0 Å². The highest BCUT2D eigenvalue weighted by Crippen LogP contribution is 2.18. The second-order valence-electron chi connectivity index (χ2n) is 5.18.